The monoisotopic (exact) mass is 328 g/mol. The third kappa shape index (κ3) is 3.30. The molecule has 116 valence electrons. The molecule has 1 aromatic rings. The fourth-order valence-electron chi connectivity index (χ4n) is 3.20. The van der Waals surface area contributed by atoms with Gasteiger partial charge in [-0.1, -0.05) is 0 Å². The van der Waals surface area contributed by atoms with Gasteiger partial charge in [-0.15, -0.1) is 23.7 Å². The Morgan fingerprint density at radius 2 is 2.00 bits per heavy atom. The minimum absolute atomic E-state index is 0. The number of thiophene rings is 1. The van der Waals surface area contributed by atoms with Crippen LogP contribution in [0.5, 0.6) is 0 Å². The zero-order chi connectivity index (χ0) is 14.2. The van der Waals surface area contributed by atoms with Crippen molar-refractivity contribution in [1.82, 2.24) is 10.2 Å². The predicted molar refractivity (Wildman–Crippen MR) is 86.6 cm³/mol. The summed E-state index contributed by atoms with van der Waals surface area (Å²) in [5.41, 5.74) is 1.07. The van der Waals surface area contributed by atoms with Crippen molar-refractivity contribution < 1.29 is 9.59 Å². The van der Waals surface area contributed by atoms with Crippen molar-refractivity contribution in [2.24, 2.45) is 5.41 Å². The molecule has 0 bridgehead atoms. The number of Topliss-reactive ketones (excluding diaryl/α,β-unsaturated/α-hetero) is 1. The number of hydrogen-bond donors (Lipinski definition) is 1. The average Bonchev–Trinajstić information content (AvgIpc) is 3.08. The van der Waals surface area contributed by atoms with E-state index in [9.17, 15) is 9.59 Å². The minimum atomic E-state index is 0. The van der Waals surface area contributed by atoms with Gasteiger partial charge in [-0.3, -0.25) is 9.59 Å². The molecule has 0 atom stereocenters. The molecule has 3 rings (SSSR count). The van der Waals surface area contributed by atoms with Crippen molar-refractivity contribution >= 4 is 35.4 Å². The molecule has 1 spiro atoms. The Hall–Kier alpha value is -0.910. The van der Waals surface area contributed by atoms with E-state index >= 15 is 0 Å². The van der Waals surface area contributed by atoms with Crippen LogP contribution in [0.15, 0.2) is 11.4 Å². The molecule has 2 aliphatic heterocycles. The molecule has 0 unspecified atom stereocenters. The number of carbonyl (C=O) groups excluding carboxylic acids is 2. The van der Waals surface area contributed by atoms with E-state index in [1.165, 1.54) is 24.7 Å². The molecule has 0 radical (unpaired) electrons. The number of halogens is 1. The van der Waals surface area contributed by atoms with Crippen LogP contribution in [0.2, 0.25) is 0 Å². The van der Waals surface area contributed by atoms with Gasteiger partial charge in [0.1, 0.15) is 0 Å². The van der Waals surface area contributed by atoms with Gasteiger partial charge in [0.15, 0.2) is 5.78 Å². The van der Waals surface area contributed by atoms with Crippen molar-refractivity contribution in [2.75, 3.05) is 26.2 Å². The van der Waals surface area contributed by atoms with Crippen molar-refractivity contribution in [3.05, 3.63) is 21.9 Å². The smallest absolute Gasteiger partial charge is 0.263 e. The van der Waals surface area contributed by atoms with Gasteiger partial charge in [-0.25, -0.2) is 0 Å². The molecule has 3 heterocycles. The van der Waals surface area contributed by atoms with Gasteiger partial charge in [0.2, 0.25) is 0 Å². The van der Waals surface area contributed by atoms with E-state index in [-0.39, 0.29) is 24.1 Å². The first-order valence-corrected chi connectivity index (χ1v) is 8.07. The molecule has 0 saturated carbocycles. The number of hydrogen-bond acceptors (Lipinski definition) is 4. The van der Waals surface area contributed by atoms with Gasteiger partial charge in [0.25, 0.3) is 5.91 Å². The molecular formula is C15H21ClN2O2S. The lowest BCUT2D eigenvalue weighted by Crippen LogP contribution is -2.43. The van der Waals surface area contributed by atoms with Crippen molar-refractivity contribution in [2.45, 2.75) is 26.2 Å². The Morgan fingerprint density at radius 1 is 1.29 bits per heavy atom. The highest BCUT2D eigenvalue weighted by atomic mass is 35.5. The van der Waals surface area contributed by atoms with Crippen LogP contribution < -0.4 is 5.32 Å². The van der Waals surface area contributed by atoms with Gasteiger partial charge >= 0.3 is 0 Å². The maximum atomic E-state index is 12.4. The Balaban J connectivity index is 0.00000161. The van der Waals surface area contributed by atoms with Crippen molar-refractivity contribution in [1.29, 1.82) is 0 Å². The second-order valence-electron chi connectivity index (χ2n) is 5.97. The number of carbonyl (C=O) groups is 2. The van der Waals surface area contributed by atoms with Crippen LogP contribution in [0.25, 0.3) is 0 Å². The quantitative estimate of drug-likeness (QED) is 0.849. The highest BCUT2D eigenvalue weighted by molar-refractivity contribution is 7.12. The van der Waals surface area contributed by atoms with E-state index in [4.69, 9.17) is 0 Å². The Kier molecular flexibility index (Phi) is 5.07. The van der Waals surface area contributed by atoms with Gasteiger partial charge in [0, 0.05) is 30.6 Å². The fourth-order valence-corrected chi connectivity index (χ4v) is 4.11. The number of nitrogens with zero attached hydrogens (tertiary/aromatic N) is 1. The topological polar surface area (TPSA) is 49.4 Å². The summed E-state index contributed by atoms with van der Waals surface area (Å²) in [6, 6.07) is 1.73. The zero-order valence-electron chi connectivity index (χ0n) is 12.2. The van der Waals surface area contributed by atoms with E-state index in [0.29, 0.717) is 15.9 Å². The molecule has 1 aromatic heterocycles. The number of rotatable bonds is 2. The summed E-state index contributed by atoms with van der Waals surface area (Å²) in [5.74, 6) is 0.109. The SMILES string of the molecule is CC(=O)c1csc(C(=O)N2CCC3(CCNC3)CC2)c1.Cl. The standard InChI is InChI=1S/C15H20N2O2S.ClH/c1-11(18)12-8-13(20-9-12)14(19)17-6-3-15(4-7-17)2-5-16-10-15;/h8-9,16H,2-7,10H2,1H3;1H. The molecule has 1 N–H and O–H groups in total. The summed E-state index contributed by atoms with van der Waals surface area (Å²) in [6.07, 6.45) is 3.43. The third-order valence-corrected chi connectivity index (χ3v) is 5.58. The Morgan fingerprint density at radius 3 is 2.52 bits per heavy atom. The minimum Gasteiger partial charge on any atom is -0.338 e. The maximum absolute atomic E-state index is 12.4. The Labute approximate surface area is 135 Å². The number of nitrogens with one attached hydrogen (secondary N) is 1. The number of amides is 1. The highest BCUT2D eigenvalue weighted by Crippen LogP contribution is 2.37. The van der Waals surface area contributed by atoms with Crippen molar-refractivity contribution in [3.8, 4) is 0 Å². The first-order chi connectivity index (χ1) is 9.60. The summed E-state index contributed by atoms with van der Waals surface area (Å²) in [5, 5.41) is 5.22. The van der Waals surface area contributed by atoms with Crippen LogP contribution in [-0.4, -0.2) is 42.8 Å². The molecule has 2 aliphatic rings. The zero-order valence-corrected chi connectivity index (χ0v) is 13.8. The molecule has 2 saturated heterocycles. The molecule has 0 aliphatic carbocycles. The summed E-state index contributed by atoms with van der Waals surface area (Å²) in [6.45, 7) is 5.43. The number of likely N-dealkylation sites (tertiary alicyclic amines) is 1. The number of piperidine rings is 1. The largest absolute Gasteiger partial charge is 0.338 e. The first-order valence-electron chi connectivity index (χ1n) is 7.19. The van der Waals surface area contributed by atoms with Gasteiger partial charge in [0.05, 0.1) is 4.88 Å². The van der Waals surface area contributed by atoms with E-state index in [1.54, 1.807) is 11.4 Å². The van der Waals surface area contributed by atoms with E-state index in [1.807, 2.05) is 4.90 Å². The molecule has 21 heavy (non-hydrogen) atoms. The van der Waals surface area contributed by atoms with Crippen LogP contribution in [0.3, 0.4) is 0 Å². The maximum Gasteiger partial charge on any atom is 0.263 e. The lowest BCUT2D eigenvalue weighted by atomic mass is 9.78. The van der Waals surface area contributed by atoms with Crippen LogP contribution in [0, 0.1) is 5.41 Å². The average molecular weight is 329 g/mol. The van der Waals surface area contributed by atoms with Crippen LogP contribution >= 0.6 is 23.7 Å². The summed E-state index contributed by atoms with van der Waals surface area (Å²) in [7, 11) is 0. The molecule has 1 amide bonds. The predicted octanol–water partition coefficient (Wildman–Crippen LogP) is 2.59. The summed E-state index contributed by atoms with van der Waals surface area (Å²) in [4.78, 5) is 26.4. The van der Waals surface area contributed by atoms with Gasteiger partial charge in [-0.05, 0) is 44.2 Å². The summed E-state index contributed by atoms with van der Waals surface area (Å²) >= 11 is 1.38. The van der Waals surface area contributed by atoms with Crippen molar-refractivity contribution in [3.63, 3.8) is 0 Å². The van der Waals surface area contributed by atoms with Crippen LogP contribution in [0.1, 0.15) is 46.2 Å². The molecular weight excluding hydrogens is 308 g/mol. The van der Waals surface area contributed by atoms with Gasteiger partial charge < -0.3 is 10.2 Å². The highest BCUT2D eigenvalue weighted by Gasteiger charge is 2.38. The summed E-state index contributed by atoms with van der Waals surface area (Å²) < 4.78 is 0. The second kappa shape index (κ2) is 6.46. The fraction of sp³-hybridized carbons (Fsp3) is 0.600. The van der Waals surface area contributed by atoms with E-state index in [2.05, 4.69) is 5.32 Å². The van der Waals surface area contributed by atoms with Gasteiger partial charge in [-0.2, -0.15) is 0 Å². The van der Waals surface area contributed by atoms with Crippen LogP contribution in [0.4, 0.5) is 0 Å². The third-order valence-electron chi connectivity index (χ3n) is 4.66. The lowest BCUT2D eigenvalue weighted by Gasteiger charge is -2.38. The molecule has 6 heteroatoms. The second-order valence-corrected chi connectivity index (χ2v) is 6.89. The Bertz CT molecular complexity index is 528. The molecule has 0 aromatic carbocycles. The normalized spacial score (nSPS) is 20.3. The molecule has 4 nitrogen and oxygen atoms in total. The van der Waals surface area contributed by atoms with Crippen LogP contribution in [-0.2, 0) is 0 Å². The molecule has 2 fully saturated rings. The van der Waals surface area contributed by atoms with E-state index < -0.39 is 0 Å². The van der Waals surface area contributed by atoms with E-state index in [0.717, 1.165) is 39.0 Å². The first kappa shape index (κ1) is 16.5. The lowest BCUT2D eigenvalue weighted by molar-refractivity contribution is 0.0612. The number of ketones is 1.